The van der Waals surface area contributed by atoms with Gasteiger partial charge < -0.3 is 4.90 Å². The summed E-state index contributed by atoms with van der Waals surface area (Å²) in [5, 5.41) is 0. The van der Waals surface area contributed by atoms with Crippen LogP contribution in [0.2, 0.25) is 0 Å². The molecule has 94 valence electrons. The van der Waals surface area contributed by atoms with Gasteiger partial charge in [0.05, 0.1) is 0 Å². The number of nitrogens with zero attached hydrogens (tertiary/aromatic N) is 1. The van der Waals surface area contributed by atoms with E-state index in [0.717, 1.165) is 24.1 Å². The highest BCUT2D eigenvalue weighted by Crippen LogP contribution is 2.12. The summed E-state index contributed by atoms with van der Waals surface area (Å²) in [5.74, 6) is 0.583. The highest BCUT2D eigenvalue weighted by Gasteiger charge is 2.18. The van der Waals surface area contributed by atoms with E-state index in [-0.39, 0.29) is 11.9 Å². The normalized spacial score (nSPS) is 12.2. The molecule has 1 aromatic rings. The van der Waals surface area contributed by atoms with Crippen LogP contribution in [-0.4, -0.2) is 23.4 Å². The molecule has 0 heterocycles. The Balaban J connectivity index is 2.86. The van der Waals surface area contributed by atoms with Gasteiger partial charge in [0.1, 0.15) is 0 Å². The number of hydrogen-bond acceptors (Lipinski definition) is 1. The first kappa shape index (κ1) is 14.0. The molecule has 1 rings (SSSR count). The second-order valence-electron chi connectivity index (χ2n) is 4.18. The van der Waals surface area contributed by atoms with Crippen LogP contribution in [0.1, 0.15) is 43.1 Å². The first-order chi connectivity index (χ1) is 8.13. The highest BCUT2D eigenvalue weighted by molar-refractivity contribution is 6.17. The smallest absolute Gasteiger partial charge is 0.254 e. The molecular weight excluding hydrogens is 234 g/mol. The van der Waals surface area contributed by atoms with Crippen LogP contribution >= 0.6 is 11.6 Å². The molecule has 0 aromatic heterocycles. The van der Waals surface area contributed by atoms with Crippen LogP contribution in [0.5, 0.6) is 0 Å². The van der Waals surface area contributed by atoms with Gasteiger partial charge in [0, 0.05) is 24.0 Å². The summed E-state index contributed by atoms with van der Waals surface area (Å²) in [6.07, 6.45) is 0.972. The van der Waals surface area contributed by atoms with Crippen LogP contribution in [0.25, 0.3) is 0 Å². The van der Waals surface area contributed by atoms with Gasteiger partial charge >= 0.3 is 0 Å². The van der Waals surface area contributed by atoms with Gasteiger partial charge in [0.25, 0.3) is 5.91 Å². The third kappa shape index (κ3) is 3.47. The van der Waals surface area contributed by atoms with Gasteiger partial charge in [-0.25, -0.2) is 0 Å². The fourth-order valence-electron chi connectivity index (χ4n) is 1.78. The van der Waals surface area contributed by atoms with E-state index in [1.807, 2.05) is 36.1 Å². The zero-order valence-electron chi connectivity index (χ0n) is 10.7. The number of rotatable bonds is 5. The molecule has 0 aliphatic rings. The molecule has 2 nitrogen and oxygen atoms in total. The van der Waals surface area contributed by atoms with Crippen molar-refractivity contribution in [2.45, 2.75) is 39.1 Å². The first-order valence-corrected chi connectivity index (χ1v) is 6.63. The van der Waals surface area contributed by atoms with Gasteiger partial charge in [-0.1, -0.05) is 19.1 Å². The van der Waals surface area contributed by atoms with Gasteiger partial charge in [0.2, 0.25) is 0 Å². The Kier molecular flexibility index (Phi) is 5.49. The Labute approximate surface area is 109 Å². The zero-order chi connectivity index (χ0) is 12.8. The predicted molar refractivity (Wildman–Crippen MR) is 72.5 cm³/mol. The lowest BCUT2D eigenvalue weighted by Gasteiger charge is -2.27. The van der Waals surface area contributed by atoms with E-state index >= 15 is 0 Å². The summed E-state index contributed by atoms with van der Waals surface area (Å²) in [4.78, 5) is 14.2. The minimum atomic E-state index is 0.1000. The maximum absolute atomic E-state index is 12.3. The van der Waals surface area contributed by atoms with Crippen molar-refractivity contribution in [3.05, 3.63) is 35.4 Å². The highest BCUT2D eigenvalue weighted by atomic mass is 35.5. The molecule has 0 N–H and O–H groups in total. The molecule has 3 heteroatoms. The van der Waals surface area contributed by atoms with Crippen LogP contribution in [0.4, 0.5) is 0 Å². The Bertz CT molecular complexity index is 361. The number of amides is 1. The summed E-state index contributed by atoms with van der Waals surface area (Å²) in [5.41, 5.74) is 1.77. The molecule has 1 aromatic carbocycles. The molecule has 17 heavy (non-hydrogen) atoms. The second kappa shape index (κ2) is 6.65. The summed E-state index contributed by atoms with van der Waals surface area (Å²) < 4.78 is 0. The van der Waals surface area contributed by atoms with Crippen molar-refractivity contribution in [1.29, 1.82) is 0 Å². The van der Waals surface area contributed by atoms with Crippen molar-refractivity contribution >= 4 is 17.5 Å². The Morgan fingerprint density at radius 2 is 1.88 bits per heavy atom. The van der Waals surface area contributed by atoms with Crippen molar-refractivity contribution in [3.63, 3.8) is 0 Å². The summed E-state index contributed by atoms with van der Waals surface area (Å²) in [6.45, 7) is 6.92. The van der Waals surface area contributed by atoms with Crippen LogP contribution < -0.4 is 0 Å². The molecule has 1 atom stereocenters. The van der Waals surface area contributed by atoms with E-state index in [0.29, 0.717) is 5.88 Å². The van der Waals surface area contributed by atoms with Gasteiger partial charge in [-0.05, 0) is 38.0 Å². The van der Waals surface area contributed by atoms with Crippen molar-refractivity contribution in [2.24, 2.45) is 0 Å². The number of halogens is 1. The number of benzene rings is 1. The quantitative estimate of drug-likeness (QED) is 0.733. The molecule has 0 aliphatic heterocycles. The molecular formula is C14H20ClNO. The molecule has 1 amide bonds. The number of hydrogen-bond donors (Lipinski definition) is 0. The molecule has 0 fully saturated rings. The van der Waals surface area contributed by atoms with Crippen LogP contribution in [-0.2, 0) is 5.88 Å². The topological polar surface area (TPSA) is 20.3 Å². The van der Waals surface area contributed by atoms with Gasteiger partial charge in [-0.3, -0.25) is 4.79 Å². The molecule has 0 aliphatic carbocycles. The lowest BCUT2D eigenvalue weighted by Crippen LogP contribution is -2.38. The van der Waals surface area contributed by atoms with E-state index in [9.17, 15) is 4.79 Å². The van der Waals surface area contributed by atoms with Gasteiger partial charge in [0.15, 0.2) is 0 Å². The Morgan fingerprint density at radius 3 is 2.29 bits per heavy atom. The Morgan fingerprint density at radius 1 is 1.29 bits per heavy atom. The van der Waals surface area contributed by atoms with E-state index in [2.05, 4.69) is 13.8 Å². The van der Waals surface area contributed by atoms with Gasteiger partial charge in [-0.2, -0.15) is 0 Å². The second-order valence-corrected chi connectivity index (χ2v) is 4.45. The molecule has 0 bridgehead atoms. The number of alkyl halides is 1. The largest absolute Gasteiger partial charge is 0.336 e. The van der Waals surface area contributed by atoms with Crippen molar-refractivity contribution in [3.8, 4) is 0 Å². The zero-order valence-corrected chi connectivity index (χ0v) is 11.5. The third-order valence-corrected chi connectivity index (χ3v) is 3.39. The molecule has 0 spiro atoms. The van der Waals surface area contributed by atoms with E-state index in [4.69, 9.17) is 11.6 Å². The molecule has 0 saturated heterocycles. The minimum absolute atomic E-state index is 0.1000. The summed E-state index contributed by atoms with van der Waals surface area (Å²) in [6, 6.07) is 7.80. The van der Waals surface area contributed by atoms with Crippen molar-refractivity contribution in [2.75, 3.05) is 6.54 Å². The van der Waals surface area contributed by atoms with Crippen molar-refractivity contribution in [1.82, 2.24) is 4.90 Å². The van der Waals surface area contributed by atoms with Crippen molar-refractivity contribution < 1.29 is 4.79 Å². The average molecular weight is 254 g/mol. The maximum Gasteiger partial charge on any atom is 0.254 e. The Hall–Kier alpha value is -1.02. The number of carbonyl (C=O) groups is 1. The third-order valence-electron chi connectivity index (χ3n) is 3.08. The van der Waals surface area contributed by atoms with Gasteiger partial charge in [-0.15, -0.1) is 11.6 Å². The lowest BCUT2D eigenvalue weighted by atomic mass is 10.1. The SMILES string of the molecule is CCC(C)N(CC)C(=O)c1ccc(CCl)cc1. The number of carbonyl (C=O) groups excluding carboxylic acids is 1. The predicted octanol–water partition coefficient (Wildman–Crippen LogP) is 3.69. The van der Waals surface area contributed by atoms with E-state index < -0.39 is 0 Å². The van der Waals surface area contributed by atoms with Crippen LogP contribution in [0.3, 0.4) is 0 Å². The van der Waals surface area contributed by atoms with E-state index in [1.54, 1.807) is 0 Å². The summed E-state index contributed by atoms with van der Waals surface area (Å²) >= 11 is 5.73. The monoisotopic (exact) mass is 253 g/mol. The van der Waals surface area contributed by atoms with Crippen LogP contribution in [0.15, 0.2) is 24.3 Å². The lowest BCUT2D eigenvalue weighted by molar-refractivity contribution is 0.0700. The molecule has 1 unspecified atom stereocenters. The maximum atomic E-state index is 12.3. The van der Waals surface area contributed by atoms with Crippen LogP contribution in [0, 0.1) is 0 Å². The first-order valence-electron chi connectivity index (χ1n) is 6.09. The summed E-state index contributed by atoms with van der Waals surface area (Å²) in [7, 11) is 0. The molecule has 0 saturated carbocycles. The minimum Gasteiger partial charge on any atom is -0.336 e. The van der Waals surface area contributed by atoms with E-state index in [1.165, 1.54) is 0 Å². The fraction of sp³-hybridized carbons (Fsp3) is 0.500. The average Bonchev–Trinajstić information content (AvgIpc) is 2.39. The molecule has 0 radical (unpaired) electrons. The standard InChI is InChI=1S/C14H20ClNO/c1-4-11(3)16(5-2)14(17)13-8-6-12(10-15)7-9-13/h6-9,11H,4-5,10H2,1-3H3. The fourth-order valence-corrected chi connectivity index (χ4v) is 1.96.